The third kappa shape index (κ3) is 15.3. The molecule has 20 nitrogen and oxygen atoms in total. The van der Waals surface area contributed by atoms with Gasteiger partial charge in [0.1, 0.15) is 24.2 Å². The zero-order valence-electron chi connectivity index (χ0n) is 24.8. The normalized spacial score (nSPS) is 13.7. The molecule has 6 amide bonds. The minimum absolute atomic E-state index is 0.198. The lowest BCUT2D eigenvalue weighted by Crippen LogP contribution is -2.59. The van der Waals surface area contributed by atoms with Gasteiger partial charge >= 0.3 is 17.9 Å². The van der Waals surface area contributed by atoms with Gasteiger partial charge in [0.05, 0.1) is 32.0 Å². The summed E-state index contributed by atoms with van der Waals surface area (Å²) in [6.07, 6.45) is -2.63. The molecule has 0 saturated carbocycles. The van der Waals surface area contributed by atoms with E-state index in [1.807, 2.05) is 5.32 Å². The number of aliphatic hydroxyl groups is 1. The fraction of sp³-hybridized carbons (Fsp3) is 0.444. The van der Waals surface area contributed by atoms with E-state index in [1.54, 1.807) is 30.3 Å². The lowest BCUT2D eigenvalue weighted by Gasteiger charge is -2.25. The van der Waals surface area contributed by atoms with Crippen LogP contribution in [0.5, 0.6) is 0 Å². The van der Waals surface area contributed by atoms with Crippen molar-refractivity contribution in [1.82, 2.24) is 26.6 Å². The summed E-state index contributed by atoms with van der Waals surface area (Å²) in [6.45, 7) is -1.86. The highest BCUT2D eigenvalue weighted by molar-refractivity contribution is 5.97. The minimum Gasteiger partial charge on any atom is -0.481 e. The number of carbonyl (C=O) groups excluding carboxylic acids is 6. The first-order valence-electron chi connectivity index (χ1n) is 13.9. The summed E-state index contributed by atoms with van der Waals surface area (Å²) in [6, 6.07) is 0.123. The van der Waals surface area contributed by atoms with Crippen LogP contribution in [0.3, 0.4) is 0 Å². The highest BCUT2D eigenvalue weighted by Gasteiger charge is 2.32. The van der Waals surface area contributed by atoms with Gasteiger partial charge in [-0.2, -0.15) is 0 Å². The van der Waals surface area contributed by atoms with E-state index in [-0.39, 0.29) is 12.8 Å². The molecule has 5 atom stereocenters. The van der Waals surface area contributed by atoms with Crippen molar-refractivity contribution in [3.8, 4) is 0 Å². The molecule has 0 spiro atoms. The van der Waals surface area contributed by atoms with Crippen molar-refractivity contribution >= 4 is 53.4 Å². The molecule has 0 bridgehead atoms. The molecule has 13 N–H and O–H groups in total. The number of aliphatic carboxylic acids is 3. The van der Waals surface area contributed by atoms with Crippen LogP contribution in [0.1, 0.15) is 31.2 Å². The molecule has 1 aromatic rings. The average Bonchev–Trinajstić information content (AvgIpc) is 2.99. The molecule has 0 aliphatic carbocycles. The van der Waals surface area contributed by atoms with Crippen molar-refractivity contribution in [1.29, 1.82) is 0 Å². The van der Waals surface area contributed by atoms with Gasteiger partial charge in [-0.1, -0.05) is 30.3 Å². The van der Waals surface area contributed by atoms with Gasteiger partial charge in [-0.05, 0) is 12.0 Å². The fourth-order valence-corrected chi connectivity index (χ4v) is 3.81. The van der Waals surface area contributed by atoms with E-state index in [4.69, 9.17) is 26.8 Å². The Morgan fingerprint density at radius 3 is 1.79 bits per heavy atom. The number of primary amides is 1. The second kappa shape index (κ2) is 19.7. The van der Waals surface area contributed by atoms with Gasteiger partial charge in [-0.25, -0.2) is 4.79 Å². The smallest absolute Gasteiger partial charge is 0.326 e. The number of rotatable bonds is 21. The monoisotopic (exact) mass is 667 g/mol. The minimum atomic E-state index is -1.80. The first-order chi connectivity index (χ1) is 22.0. The van der Waals surface area contributed by atoms with E-state index in [0.717, 1.165) is 0 Å². The summed E-state index contributed by atoms with van der Waals surface area (Å²) in [7, 11) is 0. The molecular formula is C27H37N7O13. The predicted molar refractivity (Wildman–Crippen MR) is 157 cm³/mol. The molecule has 0 fully saturated rings. The van der Waals surface area contributed by atoms with Crippen LogP contribution in [0.25, 0.3) is 0 Å². The molecule has 1 rings (SSSR count). The van der Waals surface area contributed by atoms with E-state index in [2.05, 4.69) is 21.3 Å². The van der Waals surface area contributed by atoms with Gasteiger partial charge in [-0.15, -0.1) is 0 Å². The maximum Gasteiger partial charge on any atom is 0.326 e. The Morgan fingerprint density at radius 1 is 0.681 bits per heavy atom. The lowest BCUT2D eigenvalue weighted by atomic mass is 10.0. The maximum absolute atomic E-state index is 13.3. The van der Waals surface area contributed by atoms with Crippen molar-refractivity contribution in [3.63, 3.8) is 0 Å². The average molecular weight is 668 g/mol. The van der Waals surface area contributed by atoms with Gasteiger partial charge in [0.15, 0.2) is 0 Å². The van der Waals surface area contributed by atoms with Crippen LogP contribution in [0.2, 0.25) is 0 Å². The molecular weight excluding hydrogens is 630 g/mol. The number of amides is 6. The Bertz CT molecular complexity index is 1330. The molecule has 0 aromatic heterocycles. The Morgan fingerprint density at radius 2 is 1.26 bits per heavy atom. The number of aliphatic hydroxyl groups excluding tert-OH is 1. The topological polar surface area (TPSA) is 347 Å². The predicted octanol–water partition coefficient (Wildman–Crippen LogP) is -5.10. The zero-order chi connectivity index (χ0) is 35.7. The third-order valence-electron chi connectivity index (χ3n) is 6.21. The number of hydrogen-bond acceptors (Lipinski definition) is 11. The van der Waals surface area contributed by atoms with Crippen molar-refractivity contribution in [2.75, 3.05) is 13.2 Å². The molecule has 0 aliphatic heterocycles. The molecule has 47 heavy (non-hydrogen) atoms. The summed E-state index contributed by atoms with van der Waals surface area (Å²) in [5.74, 6) is -10.7. The SMILES string of the molecule is NC(=O)C[C@H](NC(=O)[C@@H](N)CCC(=O)O)C(=O)N[C@@H](Cc1ccccc1)C(=O)N[C@@H](CO)C(=O)NCC(=O)N[C@@H](CC(=O)O)C(=O)O. The molecule has 0 heterocycles. The van der Waals surface area contributed by atoms with Crippen molar-refractivity contribution < 1.29 is 63.6 Å². The zero-order valence-corrected chi connectivity index (χ0v) is 24.8. The lowest BCUT2D eigenvalue weighted by molar-refractivity contribution is -0.147. The van der Waals surface area contributed by atoms with Crippen LogP contribution in [0.15, 0.2) is 30.3 Å². The second-order valence-electron chi connectivity index (χ2n) is 10.0. The number of hydrogen-bond donors (Lipinski definition) is 11. The largest absolute Gasteiger partial charge is 0.481 e. The van der Waals surface area contributed by atoms with Gasteiger partial charge < -0.3 is 58.5 Å². The first-order valence-corrected chi connectivity index (χ1v) is 13.9. The van der Waals surface area contributed by atoms with E-state index in [1.165, 1.54) is 0 Å². The molecule has 0 radical (unpaired) electrons. The third-order valence-corrected chi connectivity index (χ3v) is 6.21. The van der Waals surface area contributed by atoms with Crippen molar-refractivity contribution in [2.45, 2.75) is 62.3 Å². The summed E-state index contributed by atoms with van der Waals surface area (Å²) >= 11 is 0. The molecule has 1 aromatic carbocycles. The number of nitrogens with two attached hydrogens (primary N) is 2. The quantitative estimate of drug-likeness (QED) is 0.0584. The summed E-state index contributed by atoms with van der Waals surface area (Å²) in [5, 5.41) is 47.0. The van der Waals surface area contributed by atoms with Gasteiger partial charge in [0.2, 0.25) is 35.4 Å². The van der Waals surface area contributed by atoms with Crippen molar-refractivity contribution in [2.24, 2.45) is 11.5 Å². The molecule has 20 heteroatoms. The standard InChI is InChI=1S/C27H37N7O13/c28-14(6-7-21(38)39)23(42)32-16(9-19(29)36)26(45)33-15(8-13-4-2-1-3-5-13)25(44)34-18(12-35)24(43)30-11-20(37)31-17(27(46)47)10-22(40)41/h1-5,14-18,35H,6-12,28H2,(H2,29,36)(H,30,43)(H,31,37)(H,32,42)(H,33,45)(H,34,44)(H,38,39)(H,40,41)(H,46,47)/t14-,15-,16-,17-,18-/m0/s1. The van der Waals surface area contributed by atoms with Gasteiger partial charge in [0.25, 0.3) is 0 Å². The number of benzene rings is 1. The number of nitrogens with one attached hydrogen (secondary N) is 5. The number of carbonyl (C=O) groups is 9. The first kappa shape index (κ1) is 39.4. The van der Waals surface area contributed by atoms with Crippen LogP contribution in [0.4, 0.5) is 0 Å². The molecule has 0 saturated heterocycles. The van der Waals surface area contributed by atoms with E-state index in [9.17, 15) is 48.3 Å². The highest BCUT2D eigenvalue weighted by atomic mass is 16.4. The number of carboxylic acid groups (broad SMARTS) is 3. The van der Waals surface area contributed by atoms with Gasteiger partial charge in [0, 0.05) is 12.8 Å². The molecule has 0 aliphatic rings. The summed E-state index contributed by atoms with van der Waals surface area (Å²) in [5.41, 5.74) is 11.4. The Labute approximate surface area is 266 Å². The molecule has 258 valence electrons. The molecule has 0 unspecified atom stereocenters. The van der Waals surface area contributed by atoms with E-state index in [0.29, 0.717) is 5.56 Å². The van der Waals surface area contributed by atoms with Crippen LogP contribution in [-0.2, 0) is 49.6 Å². The van der Waals surface area contributed by atoms with Crippen LogP contribution >= 0.6 is 0 Å². The van der Waals surface area contributed by atoms with Crippen molar-refractivity contribution in [3.05, 3.63) is 35.9 Å². The number of carboxylic acids is 3. The van der Waals surface area contributed by atoms with Crippen LogP contribution in [-0.4, -0.2) is 117 Å². The van der Waals surface area contributed by atoms with Crippen LogP contribution in [0, 0.1) is 0 Å². The Kier molecular flexibility index (Phi) is 16.5. The van der Waals surface area contributed by atoms with Crippen LogP contribution < -0.4 is 38.1 Å². The fourth-order valence-electron chi connectivity index (χ4n) is 3.81. The summed E-state index contributed by atoms with van der Waals surface area (Å²) in [4.78, 5) is 108. The second-order valence-corrected chi connectivity index (χ2v) is 10.0. The summed E-state index contributed by atoms with van der Waals surface area (Å²) < 4.78 is 0. The Hall–Kier alpha value is -5.63. The van der Waals surface area contributed by atoms with E-state index >= 15 is 0 Å². The maximum atomic E-state index is 13.3. The van der Waals surface area contributed by atoms with E-state index < -0.39 is 116 Å². The Balaban J connectivity index is 3.06. The van der Waals surface area contributed by atoms with Gasteiger partial charge in [-0.3, -0.25) is 38.4 Å². The highest BCUT2D eigenvalue weighted by Crippen LogP contribution is 2.06.